The van der Waals surface area contributed by atoms with Gasteiger partial charge in [0.15, 0.2) is 0 Å². The van der Waals surface area contributed by atoms with E-state index in [-0.39, 0.29) is 0 Å². The Kier molecular flexibility index (Phi) is 3.25. The number of rotatable bonds is 3. The third-order valence-corrected chi connectivity index (χ3v) is 5.01. The first kappa shape index (κ1) is 13.6. The zero-order chi connectivity index (χ0) is 15.1. The number of carbonyl (C=O) groups is 1. The summed E-state index contributed by atoms with van der Waals surface area (Å²) in [6.07, 6.45) is 5.31. The summed E-state index contributed by atoms with van der Waals surface area (Å²) in [4.78, 5) is 18.9. The van der Waals surface area contributed by atoms with Gasteiger partial charge >= 0.3 is 0 Å². The maximum atomic E-state index is 12.3. The lowest BCUT2D eigenvalue weighted by molar-refractivity contribution is -0.144. The normalized spacial score (nSPS) is 18.9. The summed E-state index contributed by atoms with van der Waals surface area (Å²) in [6, 6.07) is 10.6. The van der Waals surface area contributed by atoms with E-state index < -0.39 is 0 Å². The van der Waals surface area contributed by atoms with Crippen molar-refractivity contribution in [2.24, 2.45) is 5.92 Å². The zero-order valence-electron chi connectivity index (χ0n) is 12.9. The topological polar surface area (TPSA) is 38.1 Å². The fourth-order valence-electron chi connectivity index (χ4n) is 3.42. The van der Waals surface area contributed by atoms with Gasteiger partial charge in [0.25, 0.3) is 0 Å². The number of aromatic nitrogens is 2. The fourth-order valence-corrected chi connectivity index (χ4v) is 3.42. The number of nitrogens with zero attached hydrogens (tertiary/aromatic N) is 3. The minimum absolute atomic E-state index is 0.304. The third-order valence-electron chi connectivity index (χ3n) is 5.01. The Bertz CT molecular complexity index is 682. The predicted octanol–water partition coefficient (Wildman–Crippen LogP) is 3.04. The summed E-state index contributed by atoms with van der Waals surface area (Å²) < 4.78 is 2.29. The SMILES string of the molecule is Cc1cnc(-c2ccccc2)n1C1CN(C(=O)C2CCC2)C1. The van der Waals surface area contributed by atoms with Crippen LogP contribution in [-0.2, 0) is 4.79 Å². The molecular formula is C18H21N3O. The van der Waals surface area contributed by atoms with Crippen molar-refractivity contribution in [3.63, 3.8) is 0 Å². The number of hydrogen-bond acceptors (Lipinski definition) is 2. The van der Waals surface area contributed by atoms with Crippen molar-refractivity contribution in [2.45, 2.75) is 32.2 Å². The molecule has 1 aromatic heterocycles. The average Bonchev–Trinajstić information content (AvgIpc) is 2.78. The van der Waals surface area contributed by atoms with E-state index in [9.17, 15) is 4.79 Å². The number of aryl methyl sites for hydroxylation is 1. The van der Waals surface area contributed by atoms with Crippen LogP contribution in [0.3, 0.4) is 0 Å². The van der Waals surface area contributed by atoms with Crippen molar-refractivity contribution in [3.8, 4) is 11.4 Å². The van der Waals surface area contributed by atoms with Gasteiger partial charge in [0.2, 0.25) is 5.91 Å². The van der Waals surface area contributed by atoms with Crippen molar-refractivity contribution in [2.75, 3.05) is 13.1 Å². The number of likely N-dealkylation sites (tertiary alicyclic amines) is 1. The van der Waals surface area contributed by atoms with Gasteiger partial charge in [-0.15, -0.1) is 0 Å². The van der Waals surface area contributed by atoms with Gasteiger partial charge in [-0.3, -0.25) is 4.79 Å². The molecule has 2 aliphatic rings. The molecule has 0 unspecified atom stereocenters. The Balaban J connectivity index is 1.52. The monoisotopic (exact) mass is 295 g/mol. The van der Waals surface area contributed by atoms with E-state index in [2.05, 4.69) is 28.6 Å². The van der Waals surface area contributed by atoms with E-state index >= 15 is 0 Å². The Hall–Kier alpha value is -2.10. The van der Waals surface area contributed by atoms with Crippen molar-refractivity contribution in [1.82, 2.24) is 14.5 Å². The lowest BCUT2D eigenvalue weighted by atomic mass is 9.83. The first-order valence-corrected chi connectivity index (χ1v) is 8.12. The van der Waals surface area contributed by atoms with Crippen LogP contribution in [0.2, 0.25) is 0 Å². The van der Waals surface area contributed by atoms with Gasteiger partial charge in [0, 0.05) is 36.5 Å². The lowest BCUT2D eigenvalue weighted by Crippen LogP contribution is -2.53. The Morgan fingerprint density at radius 2 is 1.91 bits per heavy atom. The summed E-state index contributed by atoms with van der Waals surface area (Å²) in [6.45, 7) is 3.74. The summed E-state index contributed by atoms with van der Waals surface area (Å²) >= 11 is 0. The lowest BCUT2D eigenvalue weighted by Gasteiger charge is -2.44. The minimum atomic E-state index is 0.304. The average molecular weight is 295 g/mol. The number of amides is 1. The predicted molar refractivity (Wildman–Crippen MR) is 85.4 cm³/mol. The molecule has 0 spiro atoms. The number of hydrogen-bond donors (Lipinski definition) is 0. The highest BCUT2D eigenvalue weighted by molar-refractivity contribution is 5.80. The molecule has 1 aliphatic carbocycles. The van der Waals surface area contributed by atoms with Gasteiger partial charge in [0.1, 0.15) is 5.82 Å². The second-order valence-electron chi connectivity index (χ2n) is 6.48. The Morgan fingerprint density at radius 3 is 2.55 bits per heavy atom. The van der Waals surface area contributed by atoms with Gasteiger partial charge < -0.3 is 9.47 Å². The van der Waals surface area contributed by atoms with E-state index in [4.69, 9.17) is 0 Å². The minimum Gasteiger partial charge on any atom is -0.338 e. The molecule has 1 saturated carbocycles. The number of benzene rings is 1. The van der Waals surface area contributed by atoms with Gasteiger partial charge in [-0.05, 0) is 19.8 Å². The zero-order valence-corrected chi connectivity index (χ0v) is 12.9. The summed E-state index contributed by atoms with van der Waals surface area (Å²) in [5.74, 6) is 1.68. The highest BCUT2D eigenvalue weighted by Gasteiger charge is 2.38. The van der Waals surface area contributed by atoms with Crippen LogP contribution in [0.5, 0.6) is 0 Å². The van der Waals surface area contributed by atoms with Crippen LogP contribution in [0.1, 0.15) is 31.0 Å². The molecule has 1 saturated heterocycles. The molecule has 2 fully saturated rings. The first-order valence-electron chi connectivity index (χ1n) is 8.12. The molecule has 0 radical (unpaired) electrons. The Morgan fingerprint density at radius 1 is 1.18 bits per heavy atom. The van der Waals surface area contributed by atoms with Crippen LogP contribution in [-0.4, -0.2) is 33.4 Å². The van der Waals surface area contributed by atoms with E-state index in [1.54, 1.807) is 0 Å². The van der Waals surface area contributed by atoms with Crippen LogP contribution < -0.4 is 0 Å². The standard InChI is InChI=1S/C18H21N3O/c1-13-10-19-17(14-6-3-2-4-7-14)21(13)16-11-20(12-16)18(22)15-8-5-9-15/h2-4,6-7,10,15-16H,5,8-9,11-12H2,1H3. The molecule has 1 amide bonds. The van der Waals surface area contributed by atoms with Gasteiger partial charge in [-0.25, -0.2) is 4.98 Å². The molecule has 2 heterocycles. The molecule has 22 heavy (non-hydrogen) atoms. The van der Waals surface area contributed by atoms with Crippen LogP contribution >= 0.6 is 0 Å². The molecule has 114 valence electrons. The molecule has 1 aliphatic heterocycles. The van der Waals surface area contributed by atoms with Crippen LogP contribution in [0.4, 0.5) is 0 Å². The highest BCUT2D eigenvalue weighted by Crippen LogP contribution is 2.34. The Labute approximate surface area is 130 Å². The molecule has 4 heteroatoms. The molecule has 0 atom stereocenters. The second kappa shape index (κ2) is 5.27. The highest BCUT2D eigenvalue weighted by atomic mass is 16.2. The van der Waals surface area contributed by atoms with E-state index in [1.165, 1.54) is 12.1 Å². The number of imidazole rings is 1. The van der Waals surface area contributed by atoms with Crippen LogP contribution in [0, 0.1) is 12.8 Å². The second-order valence-corrected chi connectivity index (χ2v) is 6.48. The molecule has 1 aromatic carbocycles. The number of carbonyl (C=O) groups excluding carboxylic acids is 1. The largest absolute Gasteiger partial charge is 0.338 e. The van der Waals surface area contributed by atoms with Crippen molar-refractivity contribution >= 4 is 5.91 Å². The van der Waals surface area contributed by atoms with Gasteiger partial charge in [0.05, 0.1) is 6.04 Å². The van der Waals surface area contributed by atoms with Crippen LogP contribution in [0.15, 0.2) is 36.5 Å². The third kappa shape index (κ3) is 2.14. The van der Waals surface area contributed by atoms with E-state index in [0.717, 1.165) is 37.3 Å². The summed E-state index contributed by atoms with van der Waals surface area (Å²) in [7, 11) is 0. The molecule has 2 aromatic rings. The fraction of sp³-hybridized carbons (Fsp3) is 0.444. The van der Waals surface area contributed by atoms with E-state index in [0.29, 0.717) is 17.9 Å². The quantitative estimate of drug-likeness (QED) is 0.873. The molecule has 0 bridgehead atoms. The molecule has 4 nitrogen and oxygen atoms in total. The van der Waals surface area contributed by atoms with Crippen molar-refractivity contribution in [3.05, 3.63) is 42.2 Å². The van der Waals surface area contributed by atoms with Crippen LogP contribution in [0.25, 0.3) is 11.4 Å². The van der Waals surface area contributed by atoms with Crippen molar-refractivity contribution in [1.29, 1.82) is 0 Å². The molecule has 4 rings (SSSR count). The van der Waals surface area contributed by atoms with Crippen molar-refractivity contribution < 1.29 is 4.79 Å². The maximum absolute atomic E-state index is 12.3. The summed E-state index contributed by atoms with van der Waals surface area (Å²) in [5, 5.41) is 0. The van der Waals surface area contributed by atoms with E-state index in [1.807, 2.05) is 29.3 Å². The smallest absolute Gasteiger partial charge is 0.225 e. The first-order chi connectivity index (χ1) is 10.7. The molecular weight excluding hydrogens is 274 g/mol. The molecule has 0 N–H and O–H groups in total. The van der Waals surface area contributed by atoms with Gasteiger partial charge in [-0.1, -0.05) is 36.8 Å². The summed E-state index contributed by atoms with van der Waals surface area (Å²) in [5.41, 5.74) is 2.30. The van der Waals surface area contributed by atoms with Gasteiger partial charge in [-0.2, -0.15) is 0 Å². The maximum Gasteiger partial charge on any atom is 0.225 e.